The Balaban J connectivity index is 1.71. The molecule has 0 aromatic heterocycles. The summed E-state index contributed by atoms with van der Waals surface area (Å²) in [6.07, 6.45) is 0. The van der Waals surface area contributed by atoms with Gasteiger partial charge >= 0.3 is 26.3 Å². The smallest absolute Gasteiger partial charge is 0.339 e. The highest BCUT2D eigenvalue weighted by atomic mass is 32.2. The number of anilines is 2. The molecule has 11 heteroatoms. The molecule has 9 nitrogen and oxygen atoms in total. The number of nitrogens with one attached hydrogen (secondary N) is 2. The quantitative estimate of drug-likeness (QED) is 0.473. The van der Waals surface area contributed by atoms with Gasteiger partial charge in [0.1, 0.15) is 10.6 Å². The number of hydrogen-bond acceptors (Lipinski definition) is 7. The van der Waals surface area contributed by atoms with Crippen LogP contribution in [0.1, 0.15) is 6.92 Å². The number of carbonyl (C=O) groups excluding carboxylic acids is 1. The molecule has 3 aromatic rings. The molecule has 3 rings (SSSR count). The van der Waals surface area contributed by atoms with Gasteiger partial charge in [-0.05, 0) is 43.3 Å². The van der Waals surface area contributed by atoms with Crippen LogP contribution in [-0.4, -0.2) is 28.6 Å². The zero-order valence-corrected chi connectivity index (χ0v) is 18.5. The number of urea groups is 1. The van der Waals surface area contributed by atoms with Crippen LogP contribution in [0.15, 0.2) is 83.8 Å². The minimum Gasteiger partial charge on any atom is -0.380 e. The molecule has 0 atom stereocenters. The van der Waals surface area contributed by atoms with Gasteiger partial charge < -0.3 is 19.0 Å². The second-order valence-electron chi connectivity index (χ2n) is 6.38. The molecule has 0 spiro atoms. The molecule has 0 aliphatic carbocycles. The maximum absolute atomic E-state index is 12.4. The third kappa shape index (κ3) is 6.22. The molecule has 168 valence electrons. The number of hydrogen-bond donors (Lipinski definition) is 2. The van der Waals surface area contributed by atoms with E-state index in [1.807, 2.05) is 0 Å². The molecule has 0 saturated heterocycles. The van der Waals surface area contributed by atoms with E-state index in [-0.39, 0.29) is 33.5 Å². The molecule has 0 saturated carbocycles. The average molecular weight is 477 g/mol. The maximum atomic E-state index is 12.4. The summed E-state index contributed by atoms with van der Waals surface area (Å²) >= 11 is 0. The zero-order valence-electron chi connectivity index (χ0n) is 16.9. The Hall–Kier alpha value is -3.57. The van der Waals surface area contributed by atoms with Crippen molar-refractivity contribution in [3.05, 3.63) is 78.9 Å². The van der Waals surface area contributed by atoms with Crippen LogP contribution >= 0.6 is 0 Å². The Kier molecular flexibility index (Phi) is 7.01. The molecular formula is C21H20N2O7S2. The lowest BCUT2D eigenvalue weighted by Gasteiger charge is -2.13. The molecule has 2 amide bonds. The third-order valence-electron chi connectivity index (χ3n) is 4.04. The maximum Gasteiger partial charge on any atom is 0.339 e. The Bertz CT molecular complexity index is 1310. The summed E-state index contributed by atoms with van der Waals surface area (Å²) in [6.45, 7) is 1.44. The van der Waals surface area contributed by atoms with Gasteiger partial charge in [0, 0.05) is 11.8 Å². The van der Waals surface area contributed by atoms with E-state index in [4.69, 9.17) is 8.37 Å². The fourth-order valence-electron chi connectivity index (χ4n) is 2.51. The molecule has 0 fully saturated rings. The van der Waals surface area contributed by atoms with Crippen molar-refractivity contribution in [2.45, 2.75) is 11.8 Å². The summed E-state index contributed by atoms with van der Waals surface area (Å²) in [7, 11) is -7.82. The van der Waals surface area contributed by atoms with E-state index in [2.05, 4.69) is 10.6 Å². The first-order valence-electron chi connectivity index (χ1n) is 9.37. The molecule has 2 N–H and O–H groups in total. The van der Waals surface area contributed by atoms with Crippen LogP contribution in [0.2, 0.25) is 0 Å². The van der Waals surface area contributed by atoms with Crippen molar-refractivity contribution in [1.29, 1.82) is 0 Å². The molecule has 3 aromatic carbocycles. The molecule has 32 heavy (non-hydrogen) atoms. The Labute approximate surface area is 186 Å². The van der Waals surface area contributed by atoms with Crippen LogP contribution in [0.3, 0.4) is 0 Å². The fraction of sp³-hybridized carbons (Fsp3) is 0.0952. The highest BCUT2D eigenvalue weighted by molar-refractivity contribution is 7.87. The van der Waals surface area contributed by atoms with E-state index in [0.29, 0.717) is 0 Å². The molecule has 0 aliphatic heterocycles. The largest absolute Gasteiger partial charge is 0.380 e. The number of para-hydroxylation sites is 2. The molecule has 0 radical (unpaired) electrons. The van der Waals surface area contributed by atoms with Gasteiger partial charge in [0.05, 0.1) is 11.4 Å². The minimum atomic E-state index is -4.03. The standard InChI is InChI=1S/C21H20N2O7S2/c1-2-31(25,26)30-20-14-7-6-13-19(20)23-21(24)22-16-9-8-10-17(15-16)29-32(27,28)18-11-4-3-5-12-18/h3-15H,2H2,1H3,(H2,22,23,24). The van der Waals surface area contributed by atoms with Gasteiger partial charge in [0.15, 0.2) is 5.75 Å². The molecule has 0 heterocycles. The van der Waals surface area contributed by atoms with Gasteiger partial charge in [-0.25, -0.2) is 4.79 Å². The van der Waals surface area contributed by atoms with E-state index in [9.17, 15) is 21.6 Å². The first-order valence-corrected chi connectivity index (χ1v) is 12.4. The fourth-order valence-corrected chi connectivity index (χ4v) is 3.99. The monoisotopic (exact) mass is 476 g/mol. The predicted molar refractivity (Wildman–Crippen MR) is 120 cm³/mol. The van der Waals surface area contributed by atoms with Gasteiger partial charge in [0.2, 0.25) is 0 Å². The van der Waals surface area contributed by atoms with E-state index in [1.165, 1.54) is 55.5 Å². The molecule has 0 unspecified atom stereocenters. The number of amides is 2. The molecule has 0 bridgehead atoms. The number of carbonyl (C=O) groups is 1. The summed E-state index contributed by atoms with van der Waals surface area (Å²) < 4.78 is 58.3. The van der Waals surface area contributed by atoms with Crippen LogP contribution in [0.5, 0.6) is 11.5 Å². The Morgan fingerprint density at radius 1 is 0.812 bits per heavy atom. The van der Waals surface area contributed by atoms with Crippen LogP contribution in [-0.2, 0) is 20.2 Å². The highest BCUT2D eigenvalue weighted by Crippen LogP contribution is 2.26. The minimum absolute atomic E-state index is 0.00410. The lowest BCUT2D eigenvalue weighted by Crippen LogP contribution is -2.21. The number of rotatable bonds is 8. The summed E-state index contributed by atoms with van der Waals surface area (Å²) in [5, 5.41) is 5.03. The van der Waals surface area contributed by atoms with Crippen molar-refractivity contribution in [1.82, 2.24) is 0 Å². The van der Waals surface area contributed by atoms with Crippen molar-refractivity contribution in [2.75, 3.05) is 16.4 Å². The van der Waals surface area contributed by atoms with Gasteiger partial charge in [0.25, 0.3) is 0 Å². The highest BCUT2D eigenvalue weighted by Gasteiger charge is 2.17. The second-order valence-corrected chi connectivity index (χ2v) is 9.79. The van der Waals surface area contributed by atoms with Crippen molar-refractivity contribution in [3.8, 4) is 11.5 Å². The van der Waals surface area contributed by atoms with Gasteiger partial charge in [-0.1, -0.05) is 36.4 Å². The third-order valence-corrected chi connectivity index (χ3v) is 6.44. The normalized spacial score (nSPS) is 11.4. The Morgan fingerprint density at radius 2 is 1.50 bits per heavy atom. The van der Waals surface area contributed by atoms with Crippen LogP contribution in [0, 0.1) is 0 Å². The van der Waals surface area contributed by atoms with E-state index in [1.54, 1.807) is 30.3 Å². The van der Waals surface area contributed by atoms with Crippen molar-refractivity contribution >= 4 is 37.6 Å². The molecule has 0 aliphatic rings. The average Bonchev–Trinajstić information content (AvgIpc) is 2.75. The topological polar surface area (TPSA) is 128 Å². The van der Waals surface area contributed by atoms with Crippen molar-refractivity contribution in [2.24, 2.45) is 0 Å². The summed E-state index contributed by atoms with van der Waals surface area (Å²) in [6, 6.07) is 18.8. The predicted octanol–water partition coefficient (Wildman–Crippen LogP) is 3.83. The van der Waals surface area contributed by atoms with Gasteiger partial charge in [-0.3, -0.25) is 0 Å². The van der Waals surface area contributed by atoms with E-state index < -0.39 is 26.3 Å². The van der Waals surface area contributed by atoms with Crippen molar-refractivity contribution < 1.29 is 30.0 Å². The summed E-state index contributed by atoms with van der Waals surface area (Å²) in [5.41, 5.74) is 0.393. The zero-order chi connectivity index (χ0) is 23.2. The second kappa shape index (κ2) is 9.71. The van der Waals surface area contributed by atoms with Gasteiger partial charge in [-0.2, -0.15) is 16.8 Å². The first kappa shape index (κ1) is 23.1. The van der Waals surface area contributed by atoms with Crippen LogP contribution < -0.4 is 19.0 Å². The molecular weight excluding hydrogens is 456 g/mol. The van der Waals surface area contributed by atoms with Crippen LogP contribution in [0.25, 0.3) is 0 Å². The Morgan fingerprint density at radius 3 is 2.22 bits per heavy atom. The summed E-state index contributed by atoms with van der Waals surface area (Å²) in [5.74, 6) is -0.258. The summed E-state index contributed by atoms with van der Waals surface area (Å²) in [4.78, 5) is 12.4. The van der Waals surface area contributed by atoms with Crippen LogP contribution in [0.4, 0.5) is 16.2 Å². The van der Waals surface area contributed by atoms with Crippen molar-refractivity contribution in [3.63, 3.8) is 0 Å². The van der Waals surface area contributed by atoms with Gasteiger partial charge in [-0.15, -0.1) is 0 Å². The number of benzene rings is 3. The lowest BCUT2D eigenvalue weighted by atomic mass is 10.3. The van der Waals surface area contributed by atoms with E-state index in [0.717, 1.165) is 0 Å². The SMILES string of the molecule is CCS(=O)(=O)Oc1ccccc1NC(=O)Nc1cccc(OS(=O)(=O)c2ccccc2)c1. The van der Waals surface area contributed by atoms with E-state index >= 15 is 0 Å². The first-order chi connectivity index (χ1) is 15.2. The lowest BCUT2D eigenvalue weighted by molar-refractivity contribution is 0.262.